The van der Waals surface area contributed by atoms with E-state index in [9.17, 15) is 9.59 Å². The second-order valence-electron chi connectivity index (χ2n) is 1.72. The molecule has 3 nitrogen and oxygen atoms in total. The van der Waals surface area contributed by atoms with Crippen LogP contribution in [0.15, 0.2) is 0 Å². The third kappa shape index (κ3) is 7.67. The summed E-state index contributed by atoms with van der Waals surface area (Å²) < 4.78 is 4.21. The molecule has 0 aromatic heterocycles. The number of carbonyl (C=O) groups excluding carboxylic acids is 2. The first-order valence-electron chi connectivity index (χ1n) is 2.88. The van der Waals surface area contributed by atoms with E-state index in [1.165, 1.54) is 6.92 Å². The molecule has 0 radical (unpaired) electrons. The van der Waals surface area contributed by atoms with Crippen molar-refractivity contribution in [3.8, 4) is 0 Å². The molecule has 0 aromatic rings. The monoisotopic (exact) mass is 160 g/mol. The predicted octanol–water partition coefficient (Wildman–Crippen LogP) is -0.308. The Hall–Kier alpha value is -0.328. The molecule has 0 fully saturated rings. The van der Waals surface area contributed by atoms with Crippen molar-refractivity contribution in [3.63, 3.8) is 0 Å². The SMILES string of the molecule is CCCC(=O)OC(C)=O.[AlH3]. The van der Waals surface area contributed by atoms with E-state index in [0.29, 0.717) is 12.8 Å². The van der Waals surface area contributed by atoms with Gasteiger partial charge in [0.25, 0.3) is 0 Å². The van der Waals surface area contributed by atoms with E-state index in [1.54, 1.807) is 0 Å². The maximum Gasteiger partial charge on any atom is 0.313 e. The number of ether oxygens (including phenoxy) is 1. The van der Waals surface area contributed by atoms with Gasteiger partial charge in [-0.1, -0.05) is 6.92 Å². The second kappa shape index (κ2) is 6.79. The predicted molar refractivity (Wildman–Crippen MR) is 41.6 cm³/mol. The zero-order valence-electron chi connectivity index (χ0n) is 5.64. The fourth-order valence-corrected chi connectivity index (χ4v) is 0.415. The Morgan fingerprint density at radius 1 is 1.40 bits per heavy atom. The smallest absolute Gasteiger partial charge is 0.313 e. The van der Waals surface area contributed by atoms with Crippen LogP contribution in [0.2, 0.25) is 0 Å². The fraction of sp³-hybridized carbons (Fsp3) is 0.667. The largest absolute Gasteiger partial charge is 0.393 e. The summed E-state index contributed by atoms with van der Waals surface area (Å²) in [5.74, 6) is -0.974. The van der Waals surface area contributed by atoms with E-state index in [1.807, 2.05) is 6.92 Å². The molecule has 4 heteroatoms. The molecule has 0 aliphatic rings. The van der Waals surface area contributed by atoms with Crippen LogP contribution in [0, 0.1) is 0 Å². The van der Waals surface area contributed by atoms with Gasteiger partial charge >= 0.3 is 11.9 Å². The van der Waals surface area contributed by atoms with Crippen molar-refractivity contribution in [2.24, 2.45) is 0 Å². The van der Waals surface area contributed by atoms with Crippen molar-refractivity contribution in [1.82, 2.24) is 0 Å². The van der Waals surface area contributed by atoms with Crippen LogP contribution < -0.4 is 0 Å². The van der Waals surface area contributed by atoms with E-state index in [4.69, 9.17) is 0 Å². The van der Waals surface area contributed by atoms with E-state index >= 15 is 0 Å². The molecule has 0 aromatic carbocycles. The molecule has 0 bridgehead atoms. The topological polar surface area (TPSA) is 43.4 Å². The highest BCUT2D eigenvalue weighted by atomic mass is 27.0. The number of carbonyl (C=O) groups is 2. The molecule has 0 saturated heterocycles. The molecule has 58 valence electrons. The van der Waals surface area contributed by atoms with Crippen LogP contribution >= 0.6 is 0 Å². The quantitative estimate of drug-likeness (QED) is 0.316. The van der Waals surface area contributed by atoms with Crippen LogP contribution in [0.5, 0.6) is 0 Å². The third-order valence-electron chi connectivity index (χ3n) is 0.712. The Morgan fingerprint density at radius 2 is 1.90 bits per heavy atom. The first-order valence-corrected chi connectivity index (χ1v) is 2.88. The molecule has 0 aliphatic heterocycles. The minimum Gasteiger partial charge on any atom is -0.393 e. The Bertz CT molecular complexity index is 122. The van der Waals surface area contributed by atoms with E-state index in [-0.39, 0.29) is 17.4 Å². The molecular formula is C6H13AlO3. The van der Waals surface area contributed by atoms with Gasteiger partial charge in [0, 0.05) is 13.3 Å². The summed E-state index contributed by atoms with van der Waals surface area (Å²) in [4.78, 5) is 20.5. The van der Waals surface area contributed by atoms with Crippen molar-refractivity contribution in [2.45, 2.75) is 26.7 Å². The van der Waals surface area contributed by atoms with Gasteiger partial charge in [-0.3, -0.25) is 9.59 Å². The molecule has 10 heavy (non-hydrogen) atoms. The van der Waals surface area contributed by atoms with Gasteiger partial charge in [-0.15, -0.1) is 0 Å². The lowest BCUT2D eigenvalue weighted by molar-refractivity contribution is -0.158. The fourth-order valence-electron chi connectivity index (χ4n) is 0.415. The maximum absolute atomic E-state index is 10.4. The lowest BCUT2D eigenvalue weighted by Crippen LogP contribution is -2.07. The van der Waals surface area contributed by atoms with E-state index in [2.05, 4.69) is 4.74 Å². The van der Waals surface area contributed by atoms with Crippen molar-refractivity contribution < 1.29 is 14.3 Å². The molecule has 0 N–H and O–H groups in total. The highest BCUT2D eigenvalue weighted by Gasteiger charge is 2.02. The average Bonchev–Trinajstić information content (AvgIpc) is 1.63. The van der Waals surface area contributed by atoms with Crippen LogP contribution in [0.3, 0.4) is 0 Å². The molecule has 0 saturated carbocycles. The van der Waals surface area contributed by atoms with Gasteiger partial charge in [-0.05, 0) is 6.42 Å². The Kier molecular flexibility index (Phi) is 8.39. The van der Waals surface area contributed by atoms with Crippen LogP contribution in [0.4, 0.5) is 0 Å². The first kappa shape index (κ1) is 12.4. The average molecular weight is 160 g/mol. The molecular weight excluding hydrogens is 147 g/mol. The first-order chi connectivity index (χ1) is 4.16. The summed E-state index contributed by atoms with van der Waals surface area (Å²) in [6.07, 6.45) is 1.03. The summed E-state index contributed by atoms with van der Waals surface area (Å²) in [5, 5.41) is 0. The maximum atomic E-state index is 10.4. The van der Waals surface area contributed by atoms with E-state index < -0.39 is 11.9 Å². The third-order valence-corrected chi connectivity index (χ3v) is 0.712. The summed E-state index contributed by atoms with van der Waals surface area (Å²) in [5.41, 5.74) is 0. The van der Waals surface area contributed by atoms with Crippen molar-refractivity contribution in [2.75, 3.05) is 0 Å². The molecule has 0 spiro atoms. The lowest BCUT2D eigenvalue weighted by atomic mass is 10.3. The van der Waals surface area contributed by atoms with Gasteiger partial charge in [0.05, 0.1) is 0 Å². The van der Waals surface area contributed by atoms with E-state index in [0.717, 1.165) is 0 Å². The Morgan fingerprint density at radius 3 is 2.20 bits per heavy atom. The summed E-state index contributed by atoms with van der Waals surface area (Å²) >= 11 is 0. The molecule has 0 aliphatic carbocycles. The van der Waals surface area contributed by atoms with Crippen molar-refractivity contribution in [1.29, 1.82) is 0 Å². The number of esters is 2. The van der Waals surface area contributed by atoms with Crippen LogP contribution in [0.1, 0.15) is 26.7 Å². The highest BCUT2D eigenvalue weighted by Crippen LogP contribution is 1.90. The van der Waals surface area contributed by atoms with Gasteiger partial charge in [0.1, 0.15) is 0 Å². The lowest BCUT2D eigenvalue weighted by Gasteiger charge is -1.94. The van der Waals surface area contributed by atoms with Crippen LogP contribution in [0.25, 0.3) is 0 Å². The molecule has 0 heterocycles. The second-order valence-corrected chi connectivity index (χ2v) is 1.72. The van der Waals surface area contributed by atoms with Gasteiger partial charge in [0.15, 0.2) is 17.4 Å². The normalized spacial score (nSPS) is 7.80. The van der Waals surface area contributed by atoms with Gasteiger partial charge in [-0.2, -0.15) is 0 Å². The zero-order chi connectivity index (χ0) is 7.28. The van der Waals surface area contributed by atoms with Gasteiger partial charge in [-0.25, -0.2) is 0 Å². The molecule has 0 unspecified atom stereocenters. The van der Waals surface area contributed by atoms with Gasteiger partial charge < -0.3 is 4.74 Å². The minimum absolute atomic E-state index is 0. The van der Waals surface area contributed by atoms with Crippen LogP contribution in [-0.2, 0) is 14.3 Å². The summed E-state index contributed by atoms with van der Waals surface area (Å²) in [6.45, 7) is 3.06. The summed E-state index contributed by atoms with van der Waals surface area (Å²) in [6, 6.07) is 0. The van der Waals surface area contributed by atoms with Crippen molar-refractivity contribution in [3.05, 3.63) is 0 Å². The number of hydrogen-bond donors (Lipinski definition) is 0. The molecule has 0 atom stereocenters. The van der Waals surface area contributed by atoms with Crippen molar-refractivity contribution >= 4 is 29.3 Å². The standard InChI is InChI=1S/C6H10O3.Al.3H/c1-3-4-6(8)9-5(2)7;;;;/h3-4H2,1-2H3;;;;. The molecule has 0 rings (SSSR count). The molecule has 0 amide bonds. The number of rotatable bonds is 2. The van der Waals surface area contributed by atoms with Crippen LogP contribution in [-0.4, -0.2) is 29.3 Å². The minimum atomic E-state index is -0.534. The Labute approximate surface area is 70.9 Å². The summed E-state index contributed by atoms with van der Waals surface area (Å²) in [7, 11) is 0. The highest BCUT2D eigenvalue weighted by molar-refractivity contribution is 5.83. The number of hydrogen-bond acceptors (Lipinski definition) is 3. The Balaban J connectivity index is 0. The van der Waals surface area contributed by atoms with Gasteiger partial charge in [0.2, 0.25) is 0 Å². The zero-order valence-corrected chi connectivity index (χ0v) is 5.64.